The van der Waals surface area contributed by atoms with E-state index in [1.54, 1.807) is 6.07 Å². The van der Waals surface area contributed by atoms with Crippen molar-refractivity contribution in [3.63, 3.8) is 0 Å². The molecule has 0 aliphatic carbocycles. The van der Waals surface area contributed by atoms with Crippen LogP contribution >= 0.6 is 15.9 Å². The maximum atomic E-state index is 13.2. The highest BCUT2D eigenvalue weighted by Gasteiger charge is 2.27. The van der Waals surface area contributed by atoms with Crippen LogP contribution in [-0.4, -0.2) is 25.5 Å². The van der Waals surface area contributed by atoms with Crippen molar-refractivity contribution in [2.24, 2.45) is 5.41 Å². The quantitative estimate of drug-likeness (QED) is 0.895. The number of benzene rings is 1. The lowest BCUT2D eigenvalue weighted by Crippen LogP contribution is -2.43. The molecule has 1 aromatic rings. The van der Waals surface area contributed by atoms with Crippen LogP contribution < -0.4 is 10.6 Å². The van der Waals surface area contributed by atoms with Gasteiger partial charge in [0.2, 0.25) is 0 Å². The van der Waals surface area contributed by atoms with Gasteiger partial charge >= 0.3 is 0 Å². The van der Waals surface area contributed by atoms with E-state index in [0.717, 1.165) is 25.9 Å². The lowest BCUT2D eigenvalue weighted by molar-refractivity contribution is 0.0921. The van der Waals surface area contributed by atoms with Crippen molar-refractivity contribution in [3.05, 3.63) is 34.1 Å². The fraction of sp³-hybridized carbons (Fsp3) is 0.500. The predicted octanol–water partition coefficient (Wildman–Crippen LogP) is 2.71. The fourth-order valence-corrected chi connectivity index (χ4v) is 2.69. The van der Waals surface area contributed by atoms with Gasteiger partial charge in [0.05, 0.1) is 5.56 Å². The van der Waals surface area contributed by atoms with E-state index in [0.29, 0.717) is 16.6 Å². The van der Waals surface area contributed by atoms with E-state index < -0.39 is 5.82 Å². The highest BCUT2D eigenvalue weighted by atomic mass is 79.9. The Morgan fingerprint density at radius 1 is 1.47 bits per heavy atom. The van der Waals surface area contributed by atoms with Crippen LogP contribution in [-0.2, 0) is 0 Å². The van der Waals surface area contributed by atoms with Gasteiger partial charge in [0.25, 0.3) is 5.91 Å². The molecular weight excluding hydrogens is 311 g/mol. The Morgan fingerprint density at radius 2 is 2.16 bits per heavy atom. The molecule has 2 N–H and O–H groups in total. The van der Waals surface area contributed by atoms with E-state index in [1.807, 2.05) is 0 Å². The van der Waals surface area contributed by atoms with Crippen molar-refractivity contribution in [3.8, 4) is 0 Å². The van der Waals surface area contributed by atoms with Crippen LogP contribution in [0.25, 0.3) is 0 Å². The number of halogens is 2. The summed E-state index contributed by atoms with van der Waals surface area (Å²) in [5, 5.41) is 6.22. The molecule has 0 saturated carbocycles. The number of rotatable bonds is 3. The number of nitrogens with one attached hydrogen (secondary N) is 2. The third-order valence-electron chi connectivity index (χ3n) is 3.66. The second-order valence-electron chi connectivity index (χ2n) is 5.37. The van der Waals surface area contributed by atoms with Gasteiger partial charge in [-0.15, -0.1) is 0 Å². The summed E-state index contributed by atoms with van der Waals surface area (Å²) in [6, 6.07) is 4.13. The zero-order valence-electron chi connectivity index (χ0n) is 10.9. The van der Waals surface area contributed by atoms with E-state index in [9.17, 15) is 9.18 Å². The van der Waals surface area contributed by atoms with Gasteiger partial charge < -0.3 is 10.6 Å². The molecule has 104 valence electrons. The van der Waals surface area contributed by atoms with Gasteiger partial charge in [0.15, 0.2) is 0 Å². The number of hydrogen-bond donors (Lipinski definition) is 2. The molecule has 1 amide bonds. The molecule has 1 saturated heterocycles. The number of carbonyl (C=O) groups excluding carboxylic acids is 1. The lowest BCUT2D eigenvalue weighted by atomic mass is 9.81. The zero-order chi connectivity index (χ0) is 13.9. The molecule has 0 atom stereocenters. The molecule has 0 aromatic heterocycles. The van der Waals surface area contributed by atoms with Crippen molar-refractivity contribution in [1.82, 2.24) is 10.6 Å². The van der Waals surface area contributed by atoms with Crippen molar-refractivity contribution in [1.29, 1.82) is 0 Å². The first-order valence-corrected chi connectivity index (χ1v) is 7.23. The van der Waals surface area contributed by atoms with Gasteiger partial charge in [-0.05, 0) is 65.5 Å². The molecular formula is C14H18BrFN2O. The summed E-state index contributed by atoms with van der Waals surface area (Å²) in [5.41, 5.74) is 0.471. The third kappa shape index (κ3) is 3.76. The molecule has 3 nitrogen and oxygen atoms in total. The first-order valence-electron chi connectivity index (χ1n) is 6.44. The molecule has 0 bridgehead atoms. The second-order valence-corrected chi connectivity index (χ2v) is 6.22. The molecule has 1 heterocycles. The Bertz CT molecular complexity index is 473. The molecule has 0 radical (unpaired) electrons. The zero-order valence-corrected chi connectivity index (χ0v) is 12.5. The second kappa shape index (κ2) is 6.01. The lowest BCUT2D eigenvalue weighted by Gasteiger charge is -2.34. The van der Waals surface area contributed by atoms with Gasteiger partial charge in [-0.25, -0.2) is 4.39 Å². The van der Waals surface area contributed by atoms with E-state index >= 15 is 0 Å². The van der Waals surface area contributed by atoms with Gasteiger partial charge in [-0.2, -0.15) is 0 Å². The topological polar surface area (TPSA) is 41.1 Å². The van der Waals surface area contributed by atoms with Gasteiger partial charge in [0.1, 0.15) is 5.82 Å². The molecule has 0 unspecified atom stereocenters. The van der Waals surface area contributed by atoms with E-state index in [-0.39, 0.29) is 11.3 Å². The van der Waals surface area contributed by atoms with Crippen LogP contribution in [0.4, 0.5) is 4.39 Å². The Morgan fingerprint density at radius 3 is 2.84 bits per heavy atom. The van der Waals surface area contributed by atoms with E-state index in [4.69, 9.17) is 0 Å². The largest absolute Gasteiger partial charge is 0.351 e. The maximum absolute atomic E-state index is 13.2. The summed E-state index contributed by atoms with van der Waals surface area (Å²) in [6.07, 6.45) is 2.08. The summed E-state index contributed by atoms with van der Waals surface area (Å²) in [7, 11) is 0. The standard InChI is InChI=1S/C14H18BrFN2O/c1-14(4-6-17-7-5-14)9-18-13(19)11-8-10(16)2-3-12(11)15/h2-3,8,17H,4-7,9H2,1H3,(H,18,19). The minimum Gasteiger partial charge on any atom is -0.351 e. The summed E-state index contributed by atoms with van der Waals surface area (Å²) in [6.45, 7) is 4.76. The predicted molar refractivity (Wildman–Crippen MR) is 76.6 cm³/mol. The normalized spacial score (nSPS) is 18.1. The Balaban J connectivity index is 1.99. The van der Waals surface area contributed by atoms with Gasteiger partial charge in [0, 0.05) is 11.0 Å². The van der Waals surface area contributed by atoms with Gasteiger partial charge in [-0.3, -0.25) is 4.79 Å². The number of carbonyl (C=O) groups is 1. The summed E-state index contributed by atoms with van der Waals surface area (Å²) >= 11 is 3.27. The summed E-state index contributed by atoms with van der Waals surface area (Å²) < 4.78 is 13.8. The monoisotopic (exact) mass is 328 g/mol. The molecule has 0 spiro atoms. The highest BCUT2D eigenvalue weighted by molar-refractivity contribution is 9.10. The van der Waals surface area contributed by atoms with Crippen molar-refractivity contribution in [2.75, 3.05) is 19.6 Å². The summed E-state index contributed by atoms with van der Waals surface area (Å²) in [4.78, 5) is 12.1. The van der Waals surface area contributed by atoms with Crippen LogP contribution in [0.2, 0.25) is 0 Å². The molecule has 1 fully saturated rings. The molecule has 1 aromatic carbocycles. The average molecular weight is 329 g/mol. The number of amides is 1. The van der Waals surface area contributed by atoms with Crippen molar-refractivity contribution < 1.29 is 9.18 Å². The molecule has 1 aliphatic rings. The van der Waals surface area contributed by atoms with Crippen molar-refractivity contribution in [2.45, 2.75) is 19.8 Å². The van der Waals surface area contributed by atoms with Crippen LogP contribution in [0.1, 0.15) is 30.1 Å². The SMILES string of the molecule is CC1(CNC(=O)c2cc(F)ccc2Br)CCNCC1. The van der Waals surface area contributed by atoms with Gasteiger partial charge in [-0.1, -0.05) is 6.92 Å². The molecule has 19 heavy (non-hydrogen) atoms. The van der Waals surface area contributed by atoms with E-state index in [2.05, 4.69) is 33.5 Å². The first-order chi connectivity index (χ1) is 9.00. The average Bonchev–Trinajstić information content (AvgIpc) is 2.40. The third-order valence-corrected chi connectivity index (χ3v) is 4.35. The van der Waals surface area contributed by atoms with E-state index in [1.165, 1.54) is 12.1 Å². The van der Waals surface area contributed by atoms with Crippen LogP contribution in [0, 0.1) is 11.2 Å². The molecule has 2 rings (SSSR count). The molecule has 1 aliphatic heterocycles. The fourth-order valence-electron chi connectivity index (χ4n) is 2.27. The van der Waals surface area contributed by atoms with Crippen molar-refractivity contribution >= 4 is 21.8 Å². The Hall–Kier alpha value is -0.940. The minimum atomic E-state index is -0.401. The Labute approximate surface area is 121 Å². The summed E-state index contributed by atoms with van der Waals surface area (Å²) in [5.74, 6) is -0.632. The minimum absolute atomic E-state index is 0.126. The first kappa shape index (κ1) is 14.5. The maximum Gasteiger partial charge on any atom is 0.252 e. The Kier molecular flexibility index (Phi) is 4.58. The highest BCUT2D eigenvalue weighted by Crippen LogP contribution is 2.27. The van der Waals surface area contributed by atoms with Crippen LogP contribution in [0.15, 0.2) is 22.7 Å². The molecule has 5 heteroatoms. The number of piperidine rings is 1. The smallest absolute Gasteiger partial charge is 0.252 e. The number of hydrogen-bond acceptors (Lipinski definition) is 2. The van der Waals surface area contributed by atoms with Crippen LogP contribution in [0.3, 0.4) is 0 Å². The van der Waals surface area contributed by atoms with Crippen LogP contribution in [0.5, 0.6) is 0 Å².